The van der Waals surface area contributed by atoms with Gasteiger partial charge in [0, 0.05) is 16.8 Å². The molecule has 1 aliphatic rings. The molecule has 0 aliphatic heterocycles. The number of hydrogen-bond donors (Lipinski definition) is 0. The fraction of sp³-hybridized carbons (Fsp3) is 0.500. The van der Waals surface area contributed by atoms with E-state index in [9.17, 15) is 10.1 Å². The molecule has 18 heavy (non-hydrogen) atoms. The second kappa shape index (κ2) is 5.45. The van der Waals surface area contributed by atoms with Crippen molar-refractivity contribution in [1.29, 1.82) is 0 Å². The highest BCUT2D eigenvalue weighted by Crippen LogP contribution is 2.44. The van der Waals surface area contributed by atoms with E-state index in [2.05, 4.69) is 15.9 Å². The average molecular weight is 335 g/mol. The van der Waals surface area contributed by atoms with Crippen LogP contribution in [0.25, 0.3) is 0 Å². The van der Waals surface area contributed by atoms with Crippen molar-refractivity contribution in [3.63, 3.8) is 0 Å². The molecule has 0 N–H and O–H groups in total. The van der Waals surface area contributed by atoms with Gasteiger partial charge in [-0.25, -0.2) is 0 Å². The van der Waals surface area contributed by atoms with Crippen LogP contribution in [0.1, 0.15) is 19.3 Å². The summed E-state index contributed by atoms with van der Waals surface area (Å²) in [5, 5.41) is 12.0. The molecule has 1 aromatic rings. The Morgan fingerprint density at radius 1 is 1.50 bits per heavy atom. The van der Waals surface area contributed by atoms with E-state index in [-0.39, 0.29) is 21.9 Å². The molecule has 0 unspecified atom stereocenters. The maximum Gasteiger partial charge on any atom is 0.312 e. The summed E-state index contributed by atoms with van der Waals surface area (Å²) in [5.74, 6) is 0.177. The lowest BCUT2D eigenvalue weighted by molar-refractivity contribution is -0.386. The number of rotatable bonds is 5. The molecular weight excluding hydrogens is 321 g/mol. The Labute approximate surface area is 119 Å². The lowest BCUT2D eigenvalue weighted by Crippen LogP contribution is -2.37. The smallest absolute Gasteiger partial charge is 0.312 e. The van der Waals surface area contributed by atoms with E-state index in [4.69, 9.17) is 16.3 Å². The van der Waals surface area contributed by atoms with Gasteiger partial charge in [0.05, 0.1) is 16.6 Å². The fourth-order valence-electron chi connectivity index (χ4n) is 2.00. The van der Waals surface area contributed by atoms with E-state index in [1.807, 2.05) is 0 Å². The van der Waals surface area contributed by atoms with Gasteiger partial charge in [-0.3, -0.25) is 10.1 Å². The van der Waals surface area contributed by atoms with Crippen molar-refractivity contribution in [2.45, 2.75) is 19.3 Å². The average Bonchev–Trinajstić information content (AvgIpc) is 2.29. The third-order valence-electron chi connectivity index (χ3n) is 3.36. The monoisotopic (exact) mass is 333 g/mol. The van der Waals surface area contributed by atoms with Crippen molar-refractivity contribution < 1.29 is 9.66 Å². The van der Waals surface area contributed by atoms with Crippen LogP contribution in [-0.2, 0) is 0 Å². The minimum absolute atomic E-state index is 0.0773. The number of nitrogens with zero attached hydrogens (tertiary/aromatic N) is 1. The lowest BCUT2D eigenvalue weighted by atomic mass is 9.71. The Hall–Kier alpha value is -0.810. The fourth-order valence-corrected chi connectivity index (χ4v) is 2.95. The van der Waals surface area contributed by atoms with Gasteiger partial charge in [0.25, 0.3) is 0 Å². The summed E-state index contributed by atoms with van der Waals surface area (Å²) in [5.41, 5.74) is 0.0269. The van der Waals surface area contributed by atoms with E-state index in [1.54, 1.807) is 12.1 Å². The van der Waals surface area contributed by atoms with Gasteiger partial charge in [0.1, 0.15) is 0 Å². The van der Waals surface area contributed by atoms with Crippen molar-refractivity contribution >= 4 is 33.2 Å². The van der Waals surface area contributed by atoms with Gasteiger partial charge in [0.2, 0.25) is 5.75 Å². The highest BCUT2D eigenvalue weighted by atomic mass is 79.9. The first kappa shape index (κ1) is 13.6. The summed E-state index contributed by atoms with van der Waals surface area (Å²) < 4.78 is 5.62. The zero-order valence-electron chi connectivity index (χ0n) is 9.70. The normalized spacial score (nSPS) is 17.0. The highest BCUT2D eigenvalue weighted by molar-refractivity contribution is 9.09. The van der Waals surface area contributed by atoms with Gasteiger partial charge < -0.3 is 4.74 Å². The maximum atomic E-state index is 10.9. The van der Waals surface area contributed by atoms with Crippen molar-refractivity contribution in [2.75, 3.05) is 11.9 Å². The van der Waals surface area contributed by atoms with Crippen molar-refractivity contribution in [1.82, 2.24) is 0 Å². The molecule has 1 aliphatic carbocycles. The molecule has 0 amide bonds. The summed E-state index contributed by atoms with van der Waals surface area (Å²) in [6.45, 7) is 0.461. The number of nitro benzene ring substituents is 1. The zero-order chi connectivity index (χ0) is 13.2. The quantitative estimate of drug-likeness (QED) is 0.461. The largest absolute Gasteiger partial charge is 0.485 e. The molecule has 1 aromatic carbocycles. The van der Waals surface area contributed by atoms with Crippen LogP contribution >= 0.6 is 27.5 Å². The van der Waals surface area contributed by atoms with Crippen LogP contribution in [0.2, 0.25) is 5.02 Å². The van der Waals surface area contributed by atoms with Gasteiger partial charge in [-0.05, 0) is 18.9 Å². The molecule has 98 valence electrons. The first-order chi connectivity index (χ1) is 8.58. The van der Waals surface area contributed by atoms with Crippen LogP contribution in [0.5, 0.6) is 5.75 Å². The lowest BCUT2D eigenvalue weighted by Gasteiger charge is -2.39. The molecule has 0 spiro atoms. The third-order valence-corrected chi connectivity index (χ3v) is 4.85. The molecular formula is C12H13BrClNO3. The van der Waals surface area contributed by atoms with Gasteiger partial charge in [-0.15, -0.1) is 0 Å². The minimum atomic E-state index is -0.469. The van der Waals surface area contributed by atoms with Crippen LogP contribution in [-0.4, -0.2) is 16.9 Å². The Kier molecular flexibility index (Phi) is 4.12. The second-order valence-electron chi connectivity index (χ2n) is 4.62. The van der Waals surface area contributed by atoms with E-state index in [1.165, 1.54) is 12.5 Å². The molecule has 0 aromatic heterocycles. The van der Waals surface area contributed by atoms with Crippen LogP contribution < -0.4 is 4.74 Å². The van der Waals surface area contributed by atoms with Crippen LogP contribution in [0, 0.1) is 15.5 Å². The predicted molar refractivity (Wildman–Crippen MR) is 73.7 cm³/mol. The van der Waals surface area contributed by atoms with Crippen LogP contribution in [0.4, 0.5) is 5.69 Å². The highest BCUT2D eigenvalue weighted by Gasteiger charge is 2.37. The molecule has 2 rings (SSSR count). The Morgan fingerprint density at radius 3 is 2.72 bits per heavy atom. The van der Waals surface area contributed by atoms with E-state index < -0.39 is 4.92 Å². The molecule has 0 radical (unpaired) electrons. The van der Waals surface area contributed by atoms with Crippen LogP contribution in [0.3, 0.4) is 0 Å². The standard InChI is InChI=1S/C12H13BrClNO3/c13-7-12(5-2-6-12)8-18-11-9(14)3-1-4-10(11)15(16)17/h1,3-4H,2,5-8H2. The molecule has 6 heteroatoms. The SMILES string of the molecule is O=[N+]([O-])c1cccc(Cl)c1OCC1(CBr)CCC1. The molecule has 1 saturated carbocycles. The number of nitro groups is 1. The number of hydrogen-bond acceptors (Lipinski definition) is 3. The van der Waals surface area contributed by atoms with Crippen molar-refractivity contribution in [2.24, 2.45) is 5.41 Å². The van der Waals surface area contributed by atoms with Crippen LogP contribution in [0.15, 0.2) is 18.2 Å². The third kappa shape index (κ3) is 2.62. The summed E-state index contributed by atoms with van der Waals surface area (Å²) in [6, 6.07) is 4.56. The van der Waals surface area contributed by atoms with Gasteiger partial charge in [-0.2, -0.15) is 0 Å². The number of para-hydroxylation sites is 1. The Bertz CT molecular complexity index is 457. The molecule has 0 heterocycles. The predicted octanol–water partition coefficient (Wildman–Crippen LogP) is 4.19. The Balaban J connectivity index is 2.15. The first-order valence-electron chi connectivity index (χ1n) is 5.70. The Morgan fingerprint density at radius 2 is 2.22 bits per heavy atom. The number of benzene rings is 1. The molecule has 0 bridgehead atoms. The van der Waals surface area contributed by atoms with Crippen molar-refractivity contribution in [3.05, 3.63) is 33.3 Å². The number of halogens is 2. The van der Waals surface area contributed by atoms with Gasteiger partial charge in [-0.1, -0.05) is 40.0 Å². The summed E-state index contributed by atoms with van der Waals surface area (Å²) in [4.78, 5) is 10.4. The molecule has 0 atom stereocenters. The zero-order valence-corrected chi connectivity index (χ0v) is 12.0. The van der Waals surface area contributed by atoms with Gasteiger partial charge >= 0.3 is 5.69 Å². The molecule has 4 nitrogen and oxygen atoms in total. The maximum absolute atomic E-state index is 10.9. The molecule has 1 fully saturated rings. The second-order valence-corrected chi connectivity index (χ2v) is 5.59. The summed E-state index contributed by atoms with van der Waals surface area (Å²) in [6.07, 6.45) is 3.34. The van der Waals surface area contributed by atoms with E-state index in [0.29, 0.717) is 6.61 Å². The van der Waals surface area contributed by atoms with Crippen molar-refractivity contribution in [3.8, 4) is 5.75 Å². The van der Waals surface area contributed by atoms with Gasteiger partial charge in [0.15, 0.2) is 0 Å². The minimum Gasteiger partial charge on any atom is -0.485 e. The van der Waals surface area contributed by atoms with E-state index in [0.717, 1.165) is 18.2 Å². The topological polar surface area (TPSA) is 52.4 Å². The number of alkyl halides is 1. The first-order valence-corrected chi connectivity index (χ1v) is 7.20. The summed E-state index contributed by atoms with van der Waals surface area (Å²) in [7, 11) is 0. The number of ether oxygens (including phenoxy) is 1. The summed E-state index contributed by atoms with van der Waals surface area (Å²) >= 11 is 9.44. The van der Waals surface area contributed by atoms with E-state index >= 15 is 0 Å². The molecule has 0 saturated heterocycles.